The molecule has 1 aromatic heterocycles. The zero-order chi connectivity index (χ0) is 16.3. The monoisotopic (exact) mass is 323 g/mol. The molecule has 3 aromatic rings. The molecule has 0 saturated heterocycles. The first-order chi connectivity index (χ1) is 11.1. The minimum absolute atomic E-state index is 0.180. The van der Waals surface area contributed by atoms with Crippen LogP contribution < -0.4 is 4.72 Å². The van der Waals surface area contributed by atoms with Gasteiger partial charge in [-0.1, -0.05) is 18.2 Å². The third-order valence-electron chi connectivity index (χ3n) is 3.37. The van der Waals surface area contributed by atoms with Crippen molar-refractivity contribution < 1.29 is 8.42 Å². The van der Waals surface area contributed by atoms with Crippen LogP contribution in [0, 0.1) is 11.3 Å². The van der Waals surface area contributed by atoms with Gasteiger partial charge in [0.25, 0.3) is 10.0 Å². The van der Waals surface area contributed by atoms with Gasteiger partial charge in [0.05, 0.1) is 22.9 Å². The Morgan fingerprint density at radius 3 is 2.61 bits per heavy atom. The lowest BCUT2D eigenvalue weighted by Gasteiger charge is -2.09. The number of pyridine rings is 1. The number of rotatable bonds is 4. The summed E-state index contributed by atoms with van der Waals surface area (Å²) < 4.78 is 27.5. The van der Waals surface area contributed by atoms with Gasteiger partial charge in [0.15, 0.2) is 0 Å². The summed E-state index contributed by atoms with van der Waals surface area (Å²) in [5.41, 5.74) is 2.04. The van der Waals surface area contributed by atoms with Gasteiger partial charge in [-0.3, -0.25) is 9.71 Å². The molecule has 1 heterocycles. The van der Waals surface area contributed by atoms with Crippen molar-refractivity contribution in [2.45, 2.75) is 11.3 Å². The maximum atomic E-state index is 12.5. The minimum Gasteiger partial charge on any atom is -0.280 e. The van der Waals surface area contributed by atoms with E-state index in [1.54, 1.807) is 48.7 Å². The Morgan fingerprint density at radius 1 is 1.09 bits per heavy atom. The van der Waals surface area contributed by atoms with E-state index in [0.29, 0.717) is 12.1 Å². The number of benzene rings is 2. The topological polar surface area (TPSA) is 82.9 Å². The normalized spacial score (nSPS) is 11.1. The molecule has 0 aliphatic heterocycles. The van der Waals surface area contributed by atoms with Crippen molar-refractivity contribution in [3.63, 3.8) is 0 Å². The molecule has 0 amide bonds. The van der Waals surface area contributed by atoms with Crippen molar-refractivity contribution >= 4 is 26.6 Å². The summed E-state index contributed by atoms with van der Waals surface area (Å²) in [6.45, 7) is 0. The quantitative estimate of drug-likeness (QED) is 0.799. The second kappa shape index (κ2) is 6.07. The van der Waals surface area contributed by atoms with Gasteiger partial charge in [-0.25, -0.2) is 8.42 Å². The van der Waals surface area contributed by atoms with Crippen molar-refractivity contribution in [3.05, 3.63) is 66.4 Å². The van der Waals surface area contributed by atoms with E-state index in [0.717, 1.165) is 16.5 Å². The van der Waals surface area contributed by atoms with Gasteiger partial charge in [0.2, 0.25) is 0 Å². The predicted octanol–water partition coefficient (Wildman–Crippen LogP) is 3.10. The molecule has 0 spiro atoms. The van der Waals surface area contributed by atoms with Crippen molar-refractivity contribution in [1.29, 1.82) is 5.26 Å². The highest BCUT2D eigenvalue weighted by Gasteiger charge is 2.14. The number of sulfonamides is 1. The van der Waals surface area contributed by atoms with E-state index in [9.17, 15) is 8.42 Å². The van der Waals surface area contributed by atoms with E-state index in [-0.39, 0.29) is 4.90 Å². The van der Waals surface area contributed by atoms with Gasteiger partial charge >= 0.3 is 0 Å². The van der Waals surface area contributed by atoms with E-state index in [4.69, 9.17) is 5.26 Å². The summed E-state index contributed by atoms with van der Waals surface area (Å²) in [6, 6.07) is 17.2. The van der Waals surface area contributed by atoms with E-state index < -0.39 is 10.0 Å². The number of hydrogen-bond donors (Lipinski definition) is 1. The summed E-state index contributed by atoms with van der Waals surface area (Å²) >= 11 is 0. The Kier molecular flexibility index (Phi) is 3.96. The van der Waals surface area contributed by atoms with Gasteiger partial charge in [-0.2, -0.15) is 5.26 Å². The highest BCUT2D eigenvalue weighted by Crippen LogP contribution is 2.20. The number of anilines is 1. The second-order valence-electron chi connectivity index (χ2n) is 5.00. The van der Waals surface area contributed by atoms with Crippen molar-refractivity contribution in [3.8, 4) is 6.07 Å². The van der Waals surface area contributed by atoms with Crippen LogP contribution in [0.1, 0.15) is 5.56 Å². The maximum absolute atomic E-state index is 12.5. The molecule has 0 unspecified atom stereocenters. The fraction of sp³-hybridized carbons (Fsp3) is 0.0588. The molecule has 0 radical (unpaired) electrons. The van der Waals surface area contributed by atoms with Crippen LogP contribution in [0.3, 0.4) is 0 Å². The van der Waals surface area contributed by atoms with E-state index >= 15 is 0 Å². The third-order valence-corrected chi connectivity index (χ3v) is 4.75. The number of fused-ring (bicyclic) bond motifs is 1. The van der Waals surface area contributed by atoms with Crippen molar-refractivity contribution in [1.82, 2.24) is 4.98 Å². The fourth-order valence-electron chi connectivity index (χ4n) is 2.22. The molecular formula is C17H13N3O2S. The Labute approximate surface area is 134 Å². The first-order valence-corrected chi connectivity index (χ1v) is 8.40. The first-order valence-electron chi connectivity index (χ1n) is 6.92. The minimum atomic E-state index is -3.67. The number of nitriles is 1. The van der Waals surface area contributed by atoms with Crippen LogP contribution in [-0.4, -0.2) is 13.4 Å². The lowest BCUT2D eigenvalue weighted by Crippen LogP contribution is -2.12. The molecule has 5 nitrogen and oxygen atoms in total. The Hall–Kier alpha value is -2.91. The van der Waals surface area contributed by atoms with Crippen LogP contribution in [-0.2, 0) is 16.4 Å². The van der Waals surface area contributed by atoms with Gasteiger partial charge in [-0.05, 0) is 42.0 Å². The smallest absolute Gasteiger partial charge is 0.261 e. The molecule has 23 heavy (non-hydrogen) atoms. The summed E-state index contributed by atoms with van der Waals surface area (Å²) in [5.74, 6) is 0. The van der Waals surface area contributed by atoms with Crippen LogP contribution in [0.5, 0.6) is 0 Å². The summed E-state index contributed by atoms with van der Waals surface area (Å²) in [5, 5.41) is 9.41. The van der Waals surface area contributed by atoms with Crippen LogP contribution >= 0.6 is 0 Å². The van der Waals surface area contributed by atoms with Gasteiger partial charge in [0.1, 0.15) is 0 Å². The molecule has 2 aromatic carbocycles. The summed E-state index contributed by atoms with van der Waals surface area (Å²) in [7, 11) is -3.67. The van der Waals surface area contributed by atoms with Crippen molar-refractivity contribution in [2.75, 3.05) is 4.72 Å². The zero-order valence-corrected chi connectivity index (χ0v) is 12.9. The lowest BCUT2D eigenvalue weighted by molar-refractivity contribution is 0.601. The SMILES string of the molecule is N#CCc1ccc(NS(=O)(=O)c2ccc3ncccc3c2)cc1. The van der Waals surface area contributed by atoms with E-state index in [1.165, 1.54) is 6.07 Å². The van der Waals surface area contributed by atoms with Crippen LogP contribution in [0.2, 0.25) is 0 Å². The molecule has 3 rings (SSSR count). The summed E-state index contributed by atoms with van der Waals surface area (Å²) in [6.07, 6.45) is 1.96. The second-order valence-corrected chi connectivity index (χ2v) is 6.68. The zero-order valence-electron chi connectivity index (χ0n) is 12.1. The van der Waals surface area contributed by atoms with Crippen LogP contribution in [0.4, 0.5) is 5.69 Å². The number of aromatic nitrogens is 1. The largest absolute Gasteiger partial charge is 0.280 e. The van der Waals surface area contributed by atoms with E-state index in [1.807, 2.05) is 12.1 Å². The molecular weight excluding hydrogens is 310 g/mol. The Balaban J connectivity index is 1.89. The van der Waals surface area contributed by atoms with Crippen molar-refractivity contribution in [2.24, 2.45) is 0 Å². The van der Waals surface area contributed by atoms with Crippen LogP contribution in [0.15, 0.2) is 65.7 Å². The standard InChI is InChI=1S/C17H13N3O2S/c18-10-9-13-3-5-15(6-4-13)20-23(21,22)16-7-8-17-14(12-16)2-1-11-19-17/h1-8,11-12,20H,9H2. The molecule has 0 atom stereocenters. The Bertz CT molecular complexity index is 990. The third kappa shape index (κ3) is 3.30. The molecule has 114 valence electrons. The Morgan fingerprint density at radius 2 is 1.87 bits per heavy atom. The molecule has 0 saturated carbocycles. The fourth-order valence-corrected chi connectivity index (χ4v) is 3.31. The summed E-state index contributed by atoms with van der Waals surface area (Å²) in [4.78, 5) is 4.35. The van der Waals surface area contributed by atoms with Gasteiger partial charge in [0, 0.05) is 17.3 Å². The van der Waals surface area contributed by atoms with Gasteiger partial charge in [-0.15, -0.1) is 0 Å². The molecule has 0 bridgehead atoms. The molecule has 0 aliphatic carbocycles. The van der Waals surface area contributed by atoms with Gasteiger partial charge < -0.3 is 0 Å². The molecule has 0 aliphatic rings. The molecule has 1 N–H and O–H groups in total. The first kappa shape index (κ1) is 15.0. The van der Waals surface area contributed by atoms with E-state index in [2.05, 4.69) is 9.71 Å². The molecule has 0 fully saturated rings. The lowest BCUT2D eigenvalue weighted by atomic mass is 10.1. The average molecular weight is 323 g/mol. The average Bonchev–Trinajstić information content (AvgIpc) is 2.56. The number of hydrogen-bond acceptors (Lipinski definition) is 4. The highest BCUT2D eigenvalue weighted by atomic mass is 32.2. The number of nitrogens with one attached hydrogen (secondary N) is 1. The predicted molar refractivity (Wildman–Crippen MR) is 88.3 cm³/mol. The molecule has 6 heteroatoms. The highest BCUT2D eigenvalue weighted by molar-refractivity contribution is 7.92. The van der Waals surface area contributed by atoms with Crippen LogP contribution in [0.25, 0.3) is 10.9 Å². The maximum Gasteiger partial charge on any atom is 0.261 e. The number of nitrogens with zero attached hydrogens (tertiary/aromatic N) is 2.